The third-order valence-electron chi connectivity index (χ3n) is 4.83. The van der Waals surface area contributed by atoms with E-state index in [4.69, 9.17) is 4.74 Å². The van der Waals surface area contributed by atoms with Crippen LogP contribution in [0.25, 0.3) is 0 Å². The number of amides is 1. The van der Waals surface area contributed by atoms with E-state index in [1.165, 1.54) is 5.56 Å². The third-order valence-corrected chi connectivity index (χ3v) is 4.83. The number of benzene rings is 2. The zero-order valence-corrected chi connectivity index (χ0v) is 17.1. The second-order valence-corrected chi connectivity index (χ2v) is 7.15. The van der Waals surface area contributed by atoms with Crippen LogP contribution in [0.4, 0.5) is 0 Å². The van der Waals surface area contributed by atoms with Gasteiger partial charge in [0.15, 0.2) is 0 Å². The van der Waals surface area contributed by atoms with Crippen LogP contribution < -0.4 is 10.1 Å². The second-order valence-electron chi connectivity index (χ2n) is 7.15. The van der Waals surface area contributed by atoms with Crippen molar-refractivity contribution in [3.63, 3.8) is 0 Å². The molecule has 1 amide bonds. The van der Waals surface area contributed by atoms with Gasteiger partial charge in [0, 0.05) is 18.7 Å². The largest absolute Gasteiger partial charge is 0.426 e. The highest BCUT2D eigenvalue weighted by Crippen LogP contribution is 2.32. The van der Waals surface area contributed by atoms with E-state index in [-0.39, 0.29) is 30.2 Å². The van der Waals surface area contributed by atoms with Crippen molar-refractivity contribution in [1.82, 2.24) is 10.2 Å². The number of hydrogen-bond acceptors (Lipinski definition) is 4. The number of ether oxygens (including phenoxy) is 1. The number of rotatable bonds is 6. The van der Waals surface area contributed by atoms with Gasteiger partial charge in [-0.05, 0) is 68.8 Å². The Morgan fingerprint density at radius 3 is 2.54 bits per heavy atom. The van der Waals surface area contributed by atoms with Gasteiger partial charge in [0.2, 0.25) is 0 Å². The molecular weight excluding hydrogens is 376 g/mol. The molecule has 3 rings (SSSR count). The molecule has 0 heterocycles. The van der Waals surface area contributed by atoms with Crippen molar-refractivity contribution < 1.29 is 14.3 Å². The van der Waals surface area contributed by atoms with Crippen LogP contribution in [0.1, 0.15) is 40.2 Å². The molecule has 1 unspecified atom stereocenters. The van der Waals surface area contributed by atoms with E-state index in [9.17, 15) is 9.59 Å². The zero-order valence-electron chi connectivity index (χ0n) is 16.3. The molecule has 0 spiro atoms. The highest BCUT2D eigenvalue weighted by Gasteiger charge is 2.27. The minimum absolute atomic E-state index is 0. The van der Waals surface area contributed by atoms with Crippen molar-refractivity contribution in [2.75, 3.05) is 27.2 Å². The number of hydrogen-bond donors (Lipinski definition) is 1. The molecule has 0 fully saturated rings. The molecule has 0 radical (unpaired) electrons. The number of aryl methyl sites for hydroxylation is 1. The molecule has 150 valence electrons. The fraction of sp³-hybridized carbons (Fsp3) is 0.364. The summed E-state index contributed by atoms with van der Waals surface area (Å²) in [5, 5.41) is 2.86. The second kappa shape index (κ2) is 10.2. The molecule has 2 aromatic rings. The molecule has 28 heavy (non-hydrogen) atoms. The van der Waals surface area contributed by atoms with Crippen LogP contribution >= 0.6 is 12.4 Å². The molecule has 0 saturated carbocycles. The van der Waals surface area contributed by atoms with E-state index in [0.29, 0.717) is 17.9 Å². The van der Waals surface area contributed by atoms with Crippen molar-refractivity contribution >= 4 is 24.3 Å². The van der Waals surface area contributed by atoms with Crippen molar-refractivity contribution in [3.05, 3.63) is 65.2 Å². The molecule has 0 bridgehead atoms. The summed E-state index contributed by atoms with van der Waals surface area (Å²) < 4.78 is 5.58. The first-order chi connectivity index (χ1) is 13.0. The summed E-state index contributed by atoms with van der Waals surface area (Å²) in [4.78, 5) is 26.8. The Balaban J connectivity index is 0.00000280. The number of nitrogens with zero attached hydrogens (tertiary/aromatic N) is 1. The van der Waals surface area contributed by atoms with E-state index in [2.05, 4.69) is 11.4 Å². The van der Waals surface area contributed by atoms with Gasteiger partial charge in [-0.15, -0.1) is 12.4 Å². The van der Waals surface area contributed by atoms with Gasteiger partial charge < -0.3 is 15.0 Å². The molecule has 0 aliphatic heterocycles. The molecule has 0 saturated heterocycles. The van der Waals surface area contributed by atoms with Crippen molar-refractivity contribution in [1.29, 1.82) is 0 Å². The van der Waals surface area contributed by atoms with Crippen molar-refractivity contribution in [2.45, 2.75) is 25.2 Å². The van der Waals surface area contributed by atoms with Crippen molar-refractivity contribution in [3.8, 4) is 5.75 Å². The van der Waals surface area contributed by atoms with Gasteiger partial charge in [0.1, 0.15) is 5.75 Å². The molecule has 0 aromatic heterocycles. The first-order valence-corrected chi connectivity index (χ1v) is 9.37. The van der Waals surface area contributed by atoms with E-state index in [0.717, 1.165) is 31.4 Å². The van der Waals surface area contributed by atoms with Gasteiger partial charge in [-0.25, -0.2) is 0 Å². The van der Waals surface area contributed by atoms with Crippen LogP contribution in [0.15, 0.2) is 48.5 Å². The summed E-state index contributed by atoms with van der Waals surface area (Å²) in [6.07, 6.45) is 2.81. The smallest absolute Gasteiger partial charge is 0.318 e. The number of nitrogens with one attached hydrogen (secondary N) is 1. The number of carbonyl (C=O) groups excluding carboxylic acids is 2. The number of esters is 1. The van der Waals surface area contributed by atoms with Crippen LogP contribution in [0, 0.1) is 0 Å². The Morgan fingerprint density at radius 1 is 1.11 bits per heavy atom. The van der Waals surface area contributed by atoms with Gasteiger partial charge in [-0.1, -0.05) is 24.3 Å². The Labute approximate surface area is 172 Å². The molecule has 1 N–H and O–H groups in total. The average Bonchev–Trinajstić information content (AvgIpc) is 2.67. The van der Waals surface area contributed by atoms with Gasteiger partial charge in [0.25, 0.3) is 5.91 Å². The zero-order chi connectivity index (χ0) is 19.2. The quantitative estimate of drug-likeness (QED) is 0.594. The minimum Gasteiger partial charge on any atom is -0.426 e. The molecule has 6 heteroatoms. The topological polar surface area (TPSA) is 58.6 Å². The summed E-state index contributed by atoms with van der Waals surface area (Å²) in [7, 11) is 3.92. The lowest BCUT2D eigenvalue weighted by Gasteiger charge is -2.23. The summed E-state index contributed by atoms with van der Waals surface area (Å²) in [6, 6.07) is 14.8. The van der Waals surface area contributed by atoms with Crippen molar-refractivity contribution in [2.24, 2.45) is 0 Å². The standard InChI is InChI=1S/C22H26N2O3.ClH/c1-24(2)15-14-23-21(25)17-10-12-18(13-11-17)27-22(26)20-9-5-7-16-6-3-4-8-19(16)20;/h3-4,6,8,10-13,20H,5,7,9,14-15H2,1-2H3,(H,23,25);1H. The lowest BCUT2D eigenvalue weighted by Crippen LogP contribution is -2.31. The predicted octanol–water partition coefficient (Wildman–Crippen LogP) is 3.43. The monoisotopic (exact) mass is 402 g/mol. The summed E-state index contributed by atoms with van der Waals surface area (Å²) >= 11 is 0. The number of carbonyl (C=O) groups is 2. The molecule has 1 aliphatic rings. The van der Waals surface area contributed by atoms with Gasteiger partial charge in [0.05, 0.1) is 5.92 Å². The Kier molecular flexibility index (Phi) is 8.03. The predicted molar refractivity (Wildman–Crippen MR) is 112 cm³/mol. The van der Waals surface area contributed by atoms with Gasteiger partial charge in [-0.2, -0.15) is 0 Å². The van der Waals surface area contributed by atoms with Crippen LogP contribution in [0.3, 0.4) is 0 Å². The SMILES string of the molecule is CN(C)CCNC(=O)c1ccc(OC(=O)C2CCCc3ccccc32)cc1.Cl. The maximum atomic E-state index is 12.6. The maximum absolute atomic E-state index is 12.6. The molecule has 2 aromatic carbocycles. The highest BCUT2D eigenvalue weighted by atomic mass is 35.5. The minimum atomic E-state index is -0.231. The highest BCUT2D eigenvalue weighted by molar-refractivity contribution is 5.94. The van der Waals surface area contributed by atoms with Crippen LogP contribution in [-0.4, -0.2) is 44.0 Å². The maximum Gasteiger partial charge on any atom is 0.318 e. The molecule has 5 nitrogen and oxygen atoms in total. The van der Waals surface area contributed by atoms with E-state index < -0.39 is 0 Å². The van der Waals surface area contributed by atoms with E-state index >= 15 is 0 Å². The van der Waals surface area contributed by atoms with Gasteiger partial charge >= 0.3 is 5.97 Å². The normalized spacial score (nSPS) is 15.3. The fourth-order valence-corrected chi connectivity index (χ4v) is 3.36. The Bertz CT molecular complexity index is 806. The van der Waals surface area contributed by atoms with Crippen LogP contribution in [0.2, 0.25) is 0 Å². The summed E-state index contributed by atoms with van der Waals surface area (Å²) in [6.45, 7) is 1.37. The van der Waals surface area contributed by atoms with Crippen LogP contribution in [-0.2, 0) is 11.2 Å². The number of likely N-dealkylation sites (N-methyl/N-ethyl adjacent to an activating group) is 1. The third kappa shape index (κ3) is 5.57. The lowest BCUT2D eigenvalue weighted by molar-refractivity contribution is -0.136. The summed E-state index contributed by atoms with van der Waals surface area (Å²) in [5.41, 5.74) is 2.86. The molecule has 1 atom stereocenters. The van der Waals surface area contributed by atoms with Gasteiger partial charge in [-0.3, -0.25) is 9.59 Å². The molecule has 1 aliphatic carbocycles. The fourth-order valence-electron chi connectivity index (χ4n) is 3.36. The van der Waals surface area contributed by atoms with E-state index in [1.54, 1.807) is 24.3 Å². The summed E-state index contributed by atoms with van der Waals surface area (Å²) in [5.74, 6) is -0.113. The first-order valence-electron chi connectivity index (χ1n) is 9.37. The number of fused-ring (bicyclic) bond motifs is 1. The Hall–Kier alpha value is -2.37. The van der Waals surface area contributed by atoms with E-state index in [1.807, 2.05) is 37.2 Å². The first kappa shape index (κ1) is 21.9. The number of halogens is 1. The average molecular weight is 403 g/mol. The van der Waals surface area contributed by atoms with Crippen LogP contribution in [0.5, 0.6) is 5.75 Å². The Morgan fingerprint density at radius 2 is 1.82 bits per heavy atom. The molecular formula is C22H27ClN2O3. The lowest BCUT2D eigenvalue weighted by atomic mass is 9.83.